The van der Waals surface area contributed by atoms with Gasteiger partial charge in [0.25, 0.3) is 5.91 Å². The molecule has 1 aromatic carbocycles. The van der Waals surface area contributed by atoms with Crippen LogP contribution in [0.5, 0.6) is 0 Å². The molecule has 1 rings (SSSR count). The van der Waals surface area contributed by atoms with Crippen LogP contribution >= 0.6 is 0 Å². The van der Waals surface area contributed by atoms with Crippen molar-refractivity contribution < 1.29 is 14.3 Å². The van der Waals surface area contributed by atoms with E-state index in [1.54, 1.807) is 43.4 Å². The Morgan fingerprint density at radius 1 is 1.22 bits per heavy atom. The highest BCUT2D eigenvalue weighted by Gasteiger charge is 2.15. The molecule has 0 heterocycles. The molecule has 18 heavy (non-hydrogen) atoms. The van der Waals surface area contributed by atoms with E-state index in [9.17, 15) is 4.79 Å². The second-order valence-corrected chi connectivity index (χ2v) is 3.90. The number of nitrogen functional groups attached to an aromatic ring is 1. The summed E-state index contributed by atoms with van der Waals surface area (Å²) < 4.78 is 10.0. The number of carbonyl (C=O) groups excluding carboxylic acids is 1. The molecule has 0 atom stereocenters. The minimum absolute atomic E-state index is 0.0589. The quantitative estimate of drug-likeness (QED) is 0.735. The third-order valence-corrected chi connectivity index (χ3v) is 2.55. The summed E-state index contributed by atoms with van der Waals surface area (Å²) in [5.74, 6) is -0.0589. The fourth-order valence-electron chi connectivity index (χ4n) is 1.57. The standard InChI is InChI=1S/C13H20N2O3/c1-17-8-6-15(7-9-18-2)13(16)11-4-3-5-12(14)10-11/h3-5,10H,6-9,14H2,1-2H3. The zero-order chi connectivity index (χ0) is 13.4. The molecule has 0 aromatic heterocycles. The van der Waals surface area contributed by atoms with Crippen LogP contribution < -0.4 is 5.73 Å². The van der Waals surface area contributed by atoms with Crippen molar-refractivity contribution in [1.29, 1.82) is 0 Å². The van der Waals surface area contributed by atoms with E-state index in [-0.39, 0.29) is 5.91 Å². The topological polar surface area (TPSA) is 64.8 Å². The van der Waals surface area contributed by atoms with Crippen LogP contribution in [0.3, 0.4) is 0 Å². The SMILES string of the molecule is COCCN(CCOC)C(=O)c1cccc(N)c1. The Morgan fingerprint density at radius 3 is 2.33 bits per heavy atom. The molecular formula is C13H20N2O3. The van der Waals surface area contributed by atoms with Gasteiger partial charge in [-0.1, -0.05) is 6.07 Å². The summed E-state index contributed by atoms with van der Waals surface area (Å²) in [6.07, 6.45) is 0. The average molecular weight is 252 g/mol. The van der Waals surface area contributed by atoms with Crippen LogP contribution in [-0.2, 0) is 9.47 Å². The number of amides is 1. The fourth-order valence-corrected chi connectivity index (χ4v) is 1.57. The molecule has 100 valence electrons. The van der Waals surface area contributed by atoms with Gasteiger partial charge in [-0.15, -0.1) is 0 Å². The number of nitrogens with two attached hydrogens (primary N) is 1. The Morgan fingerprint density at radius 2 is 1.83 bits per heavy atom. The Kier molecular flexibility index (Phi) is 6.18. The van der Waals surface area contributed by atoms with E-state index < -0.39 is 0 Å². The van der Waals surface area contributed by atoms with Gasteiger partial charge < -0.3 is 20.1 Å². The van der Waals surface area contributed by atoms with Gasteiger partial charge in [0, 0.05) is 38.6 Å². The lowest BCUT2D eigenvalue weighted by atomic mass is 10.2. The molecule has 0 unspecified atom stereocenters. The predicted molar refractivity (Wildman–Crippen MR) is 70.5 cm³/mol. The number of methoxy groups -OCH3 is 2. The van der Waals surface area contributed by atoms with Gasteiger partial charge in [0.15, 0.2) is 0 Å². The Hall–Kier alpha value is -1.59. The van der Waals surface area contributed by atoms with Crippen LogP contribution in [0.15, 0.2) is 24.3 Å². The number of hydrogen-bond acceptors (Lipinski definition) is 4. The first-order valence-electron chi connectivity index (χ1n) is 5.81. The van der Waals surface area contributed by atoms with Crippen molar-refractivity contribution >= 4 is 11.6 Å². The minimum Gasteiger partial charge on any atom is -0.399 e. The fraction of sp³-hybridized carbons (Fsp3) is 0.462. The van der Waals surface area contributed by atoms with Crippen LogP contribution in [0.4, 0.5) is 5.69 Å². The zero-order valence-corrected chi connectivity index (χ0v) is 10.9. The van der Waals surface area contributed by atoms with Gasteiger partial charge in [-0.25, -0.2) is 0 Å². The molecule has 0 aliphatic heterocycles. The molecule has 5 heteroatoms. The number of hydrogen-bond donors (Lipinski definition) is 1. The Balaban J connectivity index is 2.73. The first-order chi connectivity index (χ1) is 8.69. The van der Waals surface area contributed by atoms with Crippen molar-refractivity contribution in [2.45, 2.75) is 0 Å². The van der Waals surface area contributed by atoms with Gasteiger partial charge in [0.1, 0.15) is 0 Å². The second-order valence-electron chi connectivity index (χ2n) is 3.90. The molecule has 0 spiro atoms. The van der Waals surface area contributed by atoms with Crippen molar-refractivity contribution in [3.05, 3.63) is 29.8 Å². The number of carbonyl (C=O) groups is 1. The summed E-state index contributed by atoms with van der Waals surface area (Å²) in [5.41, 5.74) is 6.84. The van der Waals surface area contributed by atoms with E-state index in [1.807, 2.05) is 0 Å². The molecule has 0 saturated carbocycles. The molecule has 2 N–H and O–H groups in total. The van der Waals surface area contributed by atoms with Crippen molar-refractivity contribution in [1.82, 2.24) is 4.90 Å². The average Bonchev–Trinajstić information content (AvgIpc) is 2.38. The van der Waals surface area contributed by atoms with Gasteiger partial charge in [-0.3, -0.25) is 4.79 Å². The van der Waals surface area contributed by atoms with E-state index in [0.29, 0.717) is 37.6 Å². The molecule has 0 bridgehead atoms. The molecule has 0 aliphatic rings. The lowest BCUT2D eigenvalue weighted by Crippen LogP contribution is -2.36. The van der Waals surface area contributed by atoms with Crippen molar-refractivity contribution in [2.24, 2.45) is 0 Å². The molecule has 1 aromatic rings. The highest BCUT2D eigenvalue weighted by molar-refractivity contribution is 5.95. The maximum atomic E-state index is 12.3. The number of rotatable bonds is 7. The van der Waals surface area contributed by atoms with Gasteiger partial charge >= 0.3 is 0 Å². The first kappa shape index (κ1) is 14.5. The largest absolute Gasteiger partial charge is 0.399 e. The lowest BCUT2D eigenvalue weighted by Gasteiger charge is -2.22. The van der Waals surface area contributed by atoms with Crippen molar-refractivity contribution in [2.75, 3.05) is 46.3 Å². The van der Waals surface area contributed by atoms with E-state index in [2.05, 4.69) is 0 Å². The van der Waals surface area contributed by atoms with E-state index >= 15 is 0 Å². The monoisotopic (exact) mass is 252 g/mol. The maximum Gasteiger partial charge on any atom is 0.254 e. The molecule has 0 radical (unpaired) electrons. The van der Waals surface area contributed by atoms with Gasteiger partial charge in [-0.2, -0.15) is 0 Å². The van der Waals surface area contributed by atoms with Gasteiger partial charge in [0.05, 0.1) is 13.2 Å². The van der Waals surface area contributed by atoms with Crippen molar-refractivity contribution in [3.63, 3.8) is 0 Å². The van der Waals surface area contributed by atoms with Gasteiger partial charge in [0.2, 0.25) is 0 Å². The first-order valence-corrected chi connectivity index (χ1v) is 5.81. The third kappa shape index (κ3) is 4.35. The summed E-state index contributed by atoms with van der Waals surface area (Å²) in [7, 11) is 3.22. The number of ether oxygens (including phenoxy) is 2. The van der Waals surface area contributed by atoms with E-state index in [1.165, 1.54) is 0 Å². The third-order valence-electron chi connectivity index (χ3n) is 2.55. The number of nitrogens with zero attached hydrogens (tertiary/aromatic N) is 1. The lowest BCUT2D eigenvalue weighted by molar-refractivity contribution is 0.0627. The predicted octanol–water partition coefficient (Wildman–Crippen LogP) is 1.00. The summed E-state index contributed by atoms with van der Waals surface area (Å²) in [4.78, 5) is 14.0. The summed E-state index contributed by atoms with van der Waals surface area (Å²) >= 11 is 0. The smallest absolute Gasteiger partial charge is 0.254 e. The van der Waals surface area contributed by atoms with Crippen LogP contribution in [0.1, 0.15) is 10.4 Å². The van der Waals surface area contributed by atoms with Crippen molar-refractivity contribution in [3.8, 4) is 0 Å². The molecule has 5 nitrogen and oxygen atoms in total. The van der Waals surface area contributed by atoms with E-state index in [4.69, 9.17) is 15.2 Å². The Labute approximate surface area is 107 Å². The Bertz CT molecular complexity index is 374. The molecule has 1 amide bonds. The highest BCUT2D eigenvalue weighted by Crippen LogP contribution is 2.09. The molecule has 0 saturated heterocycles. The number of benzene rings is 1. The molecular weight excluding hydrogens is 232 g/mol. The van der Waals surface area contributed by atoms with Crippen LogP contribution in [0.25, 0.3) is 0 Å². The maximum absolute atomic E-state index is 12.3. The summed E-state index contributed by atoms with van der Waals surface area (Å²) in [5, 5.41) is 0. The zero-order valence-electron chi connectivity index (χ0n) is 10.9. The molecule has 0 aliphatic carbocycles. The van der Waals surface area contributed by atoms with Crippen LogP contribution in [0, 0.1) is 0 Å². The number of anilines is 1. The van der Waals surface area contributed by atoms with E-state index in [0.717, 1.165) is 0 Å². The van der Waals surface area contributed by atoms with Crippen LogP contribution in [0.2, 0.25) is 0 Å². The van der Waals surface area contributed by atoms with Gasteiger partial charge in [-0.05, 0) is 18.2 Å². The normalized spacial score (nSPS) is 10.3. The summed E-state index contributed by atoms with van der Waals surface area (Å²) in [6.45, 7) is 2.07. The molecule has 0 fully saturated rings. The summed E-state index contributed by atoms with van der Waals surface area (Å²) in [6, 6.07) is 6.96. The van der Waals surface area contributed by atoms with Crippen LogP contribution in [-0.4, -0.2) is 51.3 Å². The minimum atomic E-state index is -0.0589. The highest BCUT2D eigenvalue weighted by atomic mass is 16.5. The second kappa shape index (κ2) is 7.68.